The molecule has 0 nitrogen and oxygen atoms in total. The summed E-state index contributed by atoms with van der Waals surface area (Å²) < 4.78 is 0. The van der Waals surface area contributed by atoms with Gasteiger partial charge in [-0.05, 0) is 74.3 Å². The molecule has 110 valence electrons. The Morgan fingerprint density at radius 2 is 1.52 bits per heavy atom. The van der Waals surface area contributed by atoms with E-state index >= 15 is 0 Å². The van der Waals surface area contributed by atoms with E-state index in [-0.39, 0.29) is 0 Å². The fourth-order valence-corrected chi connectivity index (χ4v) is 3.99. The molecular formula is C23H18. The molecule has 0 heteroatoms. The van der Waals surface area contributed by atoms with Crippen molar-refractivity contribution >= 4 is 21.5 Å². The van der Waals surface area contributed by atoms with Gasteiger partial charge in [-0.3, -0.25) is 0 Å². The second-order valence-corrected chi connectivity index (χ2v) is 6.53. The third-order valence-electron chi connectivity index (χ3n) is 5.23. The van der Waals surface area contributed by atoms with Crippen LogP contribution in [0, 0.1) is 0 Å². The molecule has 0 unspecified atom stereocenters. The smallest absolute Gasteiger partial charge is 0.000718 e. The van der Waals surface area contributed by atoms with Crippen LogP contribution in [0.15, 0.2) is 66.7 Å². The maximum Gasteiger partial charge on any atom is -0.000718 e. The third-order valence-corrected chi connectivity index (χ3v) is 5.23. The molecule has 0 saturated heterocycles. The number of hydrogen-bond donors (Lipinski definition) is 0. The number of rotatable bonds is 1. The van der Waals surface area contributed by atoms with Crippen LogP contribution in [0.3, 0.4) is 0 Å². The number of benzene rings is 4. The normalized spacial score (nSPS) is 12.6. The fraction of sp³-hybridized carbons (Fsp3) is 0.130. The van der Waals surface area contributed by atoms with E-state index in [1.807, 2.05) is 0 Å². The first-order chi connectivity index (χ1) is 11.3. The highest BCUT2D eigenvalue weighted by Crippen LogP contribution is 2.41. The van der Waals surface area contributed by atoms with E-state index in [1.54, 1.807) is 0 Å². The van der Waals surface area contributed by atoms with Crippen LogP contribution in [0.1, 0.15) is 23.6 Å². The van der Waals surface area contributed by atoms with Crippen molar-refractivity contribution in [3.8, 4) is 11.1 Å². The summed E-state index contributed by atoms with van der Waals surface area (Å²) in [5.74, 6) is 0. The van der Waals surface area contributed by atoms with Crippen LogP contribution in [-0.2, 0) is 12.8 Å². The lowest BCUT2D eigenvalue weighted by atomic mass is 9.96. The van der Waals surface area contributed by atoms with Gasteiger partial charge in [-0.2, -0.15) is 0 Å². The molecule has 0 fully saturated rings. The molecule has 1 aliphatic carbocycles. The first-order valence-corrected chi connectivity index (χ1v) is 8.40. The summed E-state index contributed by atoms with van der Waals surface area (Å²) in [5.41, 5.74) is 7.26. The Morgan fingerprint density at radius 1 is 0.739 bits per heavy atom. The summed E-state index contributed by atoms with van der Waals surface area (Å²) in [6.45, 7) is 2.23. The lowest BCUT2D eigenvalue weighted by molar-refractivity contribution is 1.12. The lowest BCUT2D eigenvalue weighted by Crippen LogP contribution is -1.86. The molecule has 0 bridgehead atoms. The molecular weight excluding hydrogens is 276 g/mol. The van der Waals surface area contributed by atoms with Gasteiger partial charge in [0, 0.05) is 0 Å². The fourth-order valence-electron chi connectivity index (χ4n) is 3.99. The average molecular weight is 294 g/mol. The minimum atomic E-state index is 1.06. The maximum atomic E-state index is 2.39. The summed E-state index contributed by atoms with van der Waals surface area (Å²) >= 11 is 0. The van der Waals surface area contributed by atoms with Crippen LogP contribution in [0.4, 0.5) is 0 Å². The SMILES string of the molecule is CCc1ccc2c(c1)Cc1c-2ccc2cc3ccccc3cc12. The van der Waals surface area contributed by atoms with Crippen molar-refractivity contribution in [2.24, 2.45) is 0 Å². The van der Waals surface area contributed by atoms with Crippen LogP contribution in [0.25, 0.3) is 32.7 Å². The molecule has 0 saturated carbocycles. The first-order valence-electron chi connectivity index (χ1n) is 8.40. The molecule has 0 spiro atoms. The molecule has 0 radical (unpaired) electrons. The quantitative estimate of drug-likeness (QED) is 0.326. The van der Waals surface area contributed by atoms with Gasteiger partial charge in [-0.15, -0.1) is 0 Å². The van der Waals surface area contributed by atoms with Crippen LogP contribution in [-0.4, -0.2) is 0 Å². The summed E-state index contributed by atoms with van der Waals surface area (Å²) in [6, 6.07) is 24.9. The van der Waals surface area contributed by atoms with Crippen molar-refractivity contribution in [3.05, 3.63) is 83.4 Å². The lowest BCUT2D eigenvalue weighted by Gasteiger charge is -2.08. The maximum absolute atomic E-state index is 2.39. The molecule has 0 aromatic heterocycles. The van der Waals surface area contributed by atoms with E-state index in [0.717, 1.165) is 12.8 Å². The zero-order chi connectivity index (χ0) is 15.4. The second kappa shape index (κ2) is 4.70. The van der Waals surface area contributed by atoms with Crippen molar-refractivity contribution in [2.75, 3.05) is 0 Å². The molecule has 0 aliphatic heterocycles. The predicted octanol–water partition coefficient (Wildman–Crippen LogP) is 6.13. The van der Waals surface area contributed by atoms with Gasteiger partial charge < -0.3 is 0 Å². The largest absolute Gasteiger partial charge is 0.0616 e. The Kier molecular flexibility index (Phi) is 2.63. The van der Waals surface area contributed by atoms with Crippen LogP contribution in [0.2, 0.25) is 0 Å². The Labute approximate surface area is 136 Å². The van der Waals surface area contributed by atoms with Crippen LogP contribution in [0.5, 0.6) is 0 Å². The van der Waals surface area contributed by atoms with Crippen molar-refractivity contribution in [3.63, 3.8) is 0 Å². The van der Waals surface area contributed by atoms with Gasteiger partial charge in [0.15, 0.2) is 0 Å². The number of hydrogen-bond acceptors (Lipinski definition) is 0. The second-order valence-electron chi connectivity index (χ2n) is 6.53. The summed E-state index contributed by atoms with van der Waals surface area (Å²) in [5, 5.41) is 5.42. The van der Waals surface area contributed by atoms with Crippen molar-refractivity contribution in [1.29, 1.82) is 0 Å². The van der Waals surface area contributed by atoms with E-state index in [2.05, 4.69) is 73.7 Å². The van der Waals surface area contributed by atoms with E-state index in [4.69, 9.17) is 0 Å². The standard InChI is InChI=1S/C23H18/c1-2-15-7-9-20-19(11-15)14-23-21(20)10-8-18-12-16-5-3-4-6-17(16)13-22(18)23/h3-13H,2,14H2,1H3. The Morgan fingerprint density at radius 3 is 2.35 bits per heavy atom. The van der Waals surface area contributed by atoms with Gasteiger partial charge >= 0.3 is 0 Å². The van der Waals surface area contributed by atoms with E-state index in [0.29, 0.717) is 0 Å². The van der Waals surface area contributed by atoms with Gasteiger partial charge in [0.1, 0.15) is 0 Å². The van der Waals surface area contributed by atoms with Crippen LogP contribution < -0.4 is 0 Å². The molecule has 0 heterocycles. The van der Waals surface area contributed by atoms with Gasteiger partial charge in [0.2, 0.25) is 0 Å². The monoisotopic (exact) mass is 294 g/mol. The molecule has 0 amide bonds. The molecule has 4 aromatic rings. The van der Waals surface area contributed by atoms with Crippen molar-refractivity contribution < 1.29 is 0 Å². The molecule has 5 rings (SSSR count). The molecule has 0 N–H and O–H groups in total. The highest BCUT2D eigenvalue weighted by atomic mass is 14.2. The zero-order valence-corrected chi connectivity index (χ0v) is 13.3. The topological polar surface area (TPSA) is 0 Å². The van der Waals surface area contributed by atoms with E-state index in [9.17, 15) is 0 Å². The van der Waals surface area contributed by atoms with E-state index in [1.165, 1.54) is 49.4 Å². The number of aryl methyl sites for hydroxylation is 1. The summed E-state index contributed by atoms with van der Waals surface area (Å²) in [7, 11) is 0. The van der Waals surface area contributed by atoms with Gasteiger partial charge in [-0.25, -0.2) is 0 Å². The molecule has 4 aromatic carbocycles. The minimum Gasteiger partial charge on any atom is -0.0616 e. The van der Waals surface area contributed by atoms with Crippen molar-refractivity contribution in [1.82, 2.24) is 0 Å². The third kappa shape index (κ3) is 1.85. The first kappa shape index (κ1) is 12.9. The Bertz CT molecular complexity index is 1070. The zero-order valence-electron chi connectivity index (χ0n) is 13.3. The summed E-state index contributed by atoms with van der Waals surface area (Å²) in [4.78, 5) is 0. The highest BCUT2D eigenvalue weighted by Gasteiger charge is 2.20. The van der Waals surface area contributed by atoms with Crippen LogP contribution >= 0.6 is 0 Å². The summed E-state index contributed by atoms with van der Waals surface area (Å²) in [6.07, 6.45) is 2.17. The molecule has 23 heavy (non-hydrogen) atoms. The number of fused-ring (bicyclic) bond motifs is 6. The van der Waals surface area contributed by atoms with Gasteiger partial charge in [-0.1, -0.05) is 61.5 Å². The average Bonchev–Trinajstić information content (AvgIpc) is 2.98. The highest BCUT2D eigenvalue weighted by molar-refractivity contribution is 6.03. The Balaban J connectivity index is 1.80. The minimum absolute atomic E-state index is 1.06. The molecule has 1 aliphatic rings. The predicted molar refractivity (Wildman–Crippen MR) is 99.1 cm³/mol. The van der Waals surface area contributed by atoms with E-state index < -0.39 is 0 Å². The van der Waals surface area contributed by atoms with Gasteiger partial charge in [0.25, 0.3) is 0 Å². The van der Waals surface area contributed by atoms with Crippen molar-refractivity contribution in [2.45, 2.75) is 19.8 Å². The Hall–Kier alpha value is -2.60. The molecule has 0 atom stereocenters. The van der Waals surface area contributed by atoms with Gasteiger partial charge in [0.05, 0.1) is 0 Å².